The van der Waals surface area contributed by atoms with Gasteiger partial charge in [0.2, 0.25) is 0 Å². The molecule has 0 bridgehead atoms. The molecular weight excluding hydrogens is 270 g/mol. The monoisotopic (exact) mass is 283 g/mol. The molecule has 0 aliphatic heterocycles. The standard InChI is InChI=1S/C12H13F4N.ClH/c13-10-6-8(12(14,15)16)4-5-9(10)11(17)7-2-1-3-7;/h4-7,11H,1-3,17H2;1H/t11-;/m0./s1. The van der Waals surface area contributed by atoms with E-state index in [1.807, 2.05) is 0 Å². The minimum atomic E-state index is -4.51. The molecule has 1 nitrogen and oxygen atoms in total. The molecule has 0 heterocycles. The number of hydrogen-bond acceptors (Lipinski definition) is 1. The number of halogens is 5. The molecule has 6 heteroatoms. The van der Waals surface area contributed by atoms with Gasteiger partial charge in [0.15, 0.2) is 0 Å². The van der Waals surface area contributed by atoms with Crippen LogP contribution < -0.4 is 5.73 Å². The number of hydrogen-bond donors (Lipinski definition) is 1. The van der Waals surface area contributed by atoms with Crippen molar-refractivity contribution < 1.29 is 17.6 Å². The second kappa shape index (κ2) is 5.45. The summed E-state index contributed by atoms with van der Waals surface area (Å²) in [6, 6.07) is 2.07. The topological polar surface area (TPSA) is 26.0 Å². The van der Waals surface area contributed by atoms with Crippen LogP contribution in [0.2, 0.25) is 0 Å². The van der Waals surface area contributed by atoms with Gasteiger partial charge in [-0.15, -0.1) is 12.4 Å². The van der Waals surface area contributed by atoms with Gasteiger partial charge in [-0.05, 0) is 30.9 Å². The van der Waals surface area contributed by atoms with E-state index < -0.39 is 23.6 Å². The Morgan fingerprint density at radius 1 is 1.22 bits per heavy atom. The predicted molar refractivity (Wildman–Crippen MR) is 62.9 cm³/mol. The Labute approximate surface area is 109 Å². The smallest absolute Gasteiger partial charge is 0.324 e. The Kier molecular flexibility index (Phi) is 4.61. The minimum absolute atomic E-state index is 0. The lowest BCUT2D eigenvalue weighted by Crippen LogP contribution is -2.27. The fraction of sp³-hybridized carbons (Fsp3) is 0.500. The van der Waals surface area contributed by atoms with E-state index in [2.05, 4.69) is 0 Å². The largest absolute Gasteiger partial charge is 0.416 e. The lowest BCUT2D eigenvalue weighted by molar-refractivity contribution is -0.137. The molecule has 0 amide bonds. The maximum absolute atomic E-state index is 13.6. The second-order valence-corrected chi connectivity index (χ2v) is 4.45. The van der Waals surface area contributed by atoms with E-state index in [9.17, 15) is 17.6 Å². The first-order chi connectivity index (χ1) is 7.89. The van der Waals surface area contributed by atoms with Gasteiger partial charge >= 0.3 is 6.18 Å². The quantitative estimate of drug-likeness (QED) is 0.814. The van der Waals surface area contributed by atoms with Gasteiger partial charge in [-0.25, -0.2) is 4.39 Å². The molecule has 0 radical (unpaired) electrons. The van der Waals surface area contributed by atoms with Gasteiger partial charge in [-0.2, -0.15) is 13.2 Å². The third kappa shape index (κ3) is 2.95. The maximum atomic E-state index is 13.6. The van der Waals surface area contributed by atoms with Gasteiger partial charge in [0.05, 0.1) is 5.56 Å². The van der Waals surface area contributed by atoms with E-state index in [-0.39, 0.29) is 23.9 Å². The van der Waals surface area contributed by atoms with Crippen LogP contribution in [-0.2, 0) is 6.18 Å². The van der Waals surface area contributed by atoms with Gasteiger partial charge < -0.3 is 5.73 Å². The summed E-state index contributed by atoms with van der Waals surface area (Å²) in [6.07, 6.45) is -1.62. The van der Waals surface area contributed by atoms with Crippen LogP contribution in [0.15, 0.2) is 18.2 Å². The van der Waals surface area contributed by atoms with Crippen molar-refractivity contribution in [1.82, 2.24) is 0 Å². The molecule has 1 aromatic rings. The minimum Gasteiger partial charge on any atom is -0.324 e. The highest BCUT2D eigenvalue weighted by Crippen LogP contribution is 2.38. The maximum Gasteiger partial charge on any atom is 0.416 e. The Morgan fingerprint density at radius 3 is 2.22 bits per heavy atom. The van der Waals surface area contributed by atoms with Crippen molar-refractivity contribution in [2.75, 3.05) is 0 Å². The number of rotatable bonds is 2. The first-order valence-corrected chi connectivity index (χ1v) is 5.52. The molecule has 2 N–H and O–H groups in total. The molecule has 0 saturated heterocycles. The van der Waals surface area contributed by atoms with Crippen molar-refractivity contribution in [2.24, 2.45) is 11.7 Å². The van der Waals surface area contributed by atoms with E-state index in [4.69, 9.17) is 5.73 Å². The summed E-state index contributed by atoms with van der Waals surface area (Å²) >= 11 is 0. The fourth-order valence-corrected chi connectivity index (χ4v) is 2.03. The van der Waals surface area contributed by atoms with E-state index in [0.717, 1.165) is 31.4 Å². The van der Waals surface area contributed by atoms with Crippen LogP contribution in [-0.4, -0.2) is 0 Å². The molecule has 0 spiro atoms. The lowest BCUT2D eigenvalue weighted by Gasteiger charge is -2.31. The van der Waals surface area contributed by atoms with Crippen molar-refractivity contribution in [1.29, 1.82) is 0 Å². The fourth-order valence-electron chi connectivity index (χ4n) is 2.03. The second-order valence-electron chi connectivity index (χ2n) is 4.45. The van der Waals surface area contributed by atoms with E-state index in [0.29, 0.717) is 6.07 Å². The molecule has 1 fully saturated rings. The molecule has 0 aromatic heterocycles. The van der Waals surface area contributed by atoms with Crippen molar-refractivity contribution in [3.05, 3.63) is 35.1 Å². The van der Waals surface area contributed by atoms with Crippen LogP contribution in [0.5, 0.6) is 0 Å². The first kappa shape index (κ1) is 15.2. The summed E-state index contributed by atoms with van der Waals surface area (Å²) < 4.78 is 50.6. The lowest BCUT2D eigenvalue weighted by atomic mass is 9.77. The summed E-state index contributed by atoms with van der Waals surface area (Å²) in [5, 5.41) is 0. The summed E-state index contributed by atoms with van der Waals surface area (Å²) in [7, 11) is 0. The average Bonchev–Trinajstić information content (AvgIpc) is 2.12. The van der Waals surface area contributed by atoms with Gasteiger partial charge in [-0.1, -0.05) is 12.5 Å². The zero-order chi connectivity index (χ0) is 12.6. The first-order valence-electron chi connectivity index (χ1n) is 5.52. The third-order valence-corrected chi connectivity index (χ3v) is 3.34. The number of nitrogens with two attached hydrogens (primary N) is 1. The highest BCUT2D eigenvalue weighted by Gasteiger charge is 2.33. The van der Waals surface area contributed by atoms with Crippen molar-refractivity contribution in [2.45, 2.75) is 31.5 Å². The van der Waals surface area contributed by atoms with Crippen LogP contribution in [0, 0.1) is 11.7 Å². The average molecular weight is 284 g/mol. The molecule has 102 valence electrons. The zero-order valence-corrected chi connectivity index (χ0v) is 10.3. The highest BCUT2D eigenvalue weighted by atomic mass is 35.5. The molecule has 1 aliphatic carbocycles. The molecule has 18 heavy (non-hydrogen) atoms. The van der Waals surface area contributed by atoms with E-state index >= 15 is 0 Å². The summed E-state index contributed by atoms with van der Waals surface area (Å²) in [5.74, 6) is -0.666. The molecule has 1 saturated carbocycles. The normalized spacial score (nSPS) is 17.8. The van der Waals surface area contributed by atoms with Gasteiger partial charge in [0.25, 0.3) is 0 Å². The van der Waals surface area contributed by atoms with Gasteiger partial charge in [0.1, 0.15) is 5.82 Å². The Bertz CT molecular complexity index is 415. The molecule has 0 unspecified atom stereocenters. The van der Waals surface area contributed by atoms with Crippen LogP contribution in [0.25, 0.3) is 0 Å². The van der Waals surface area contributed by atoms with E-state index in [1.165, 1.54) is 0 Å². The SMILES string of the molecule is Cl.N[C@H](c1ccc(C(F)(F)F)cc1F)C1CCC1. The Hall–Kier alpha value is -0.810. The summed E-state index contributed by atoms with van der Waals surface area (Å²) in [4.78, 5) is 0. The number of benzene rings is 1. The van der Waals surface area contributed by atoms with E-state index in [1.54, 1.807) is 0 Å². The zero-order valence-electron chi connectivity index (χ0n) is 9.51. The van der Waals surface area contributed by atoms with Crippen molar-refractivity contribution in [3.63, 3.8) is 0 Å². The van der Waals surface area contributed by atoms with Crippen LogP contribution in [0.1, 0.15) is 36.4 Å². The van der Waals surface area contributed by atoms with Gasteiger partial charge in [0, 0.05) is 11.6 Å². The molecule has 1 atom stereocenters. The molecular formula is C12H14ClF4N. The third-order valence-electron chi connectivity index (χ3n) is 3.34. The van der Waals surface area contributed by atoms with Crippen LogP contribution >= 0.6 is 12.4 Å². The highest BCUT2D eigenvalue weighted by molar-refractivity contribution is 5.85. The summed E-state index contributed by atoms with van der Waals surface area (Å²) in [5.41, 5.74) is 5.05. The summed E-state index contributed by atoms with van der Waals surface area (Å²) in [6.45, 7) is 0. The molecule has 1 aromatic carbocycles. The van der Waals surface area contributed by atoms with Crippen LogP contribution in [0.3, 0.4) is 0 Å². The predicted octanol–water partition coefficient (Wildman–Crippen LogP) is 4.07. The van der Waals surface area contributed by atoms with Crippen molar-refractivity contribution in [3.8, 4) is 0 Å². The molecule has 1 aliphatic rings. The van der Waals surface area contributed by atoms with Crippen LogP contribution in [0.4, 0.5) is 17.6 Å². The van der Waals surface area contributed by atoms with Gasteiger partial charge in [-0.3, -0.25) is 0 Å². The molecule has 2 rings (SSSR count). The van der Waals surface area contributed by atoms with Crippen molar-refractivity contribution >= 4 is 12.4 Å². The Morgan fingerprint density at radius 2 is 1.83 bits per heavy atom. The Balaban J connectivity index is 0.00000162. The number of alkyl halides is 3.